The molecule has 0 bridgehead atoms. The first-order valence-corrected chi connectivity index (χ1v) is 16.6. The van der Waals surface area contributed by atoms with E-state index in [1.54, 1.807) is 14.0 Å². The minimum Gasteiger partial charge on any atom is -0.741 e. The first-order valence-electron chi connectivity index (χ1n) is 13.8. The smallest absolute Gasteiger partial charge is 0.741 e. The van der Waals surface area contributed by atoms with Crippen LogP contribution < -0.4 is 26.5 Å². The predicted octanol–water partition coefficient (Wildman–Crippen LogP) is 4.35. The van der Waals surface area contributed by atoms with Gasteiger partial charge in [-0.25, -0.2) is 0 Å². The molecule has 0 aromatic heterocycles. The molecule has 0 unspecified atom stereocenters. The topological polar surface area (TPSA) is 82.7 Å². The summed E-state index contributed by atoms with van der Waals surface area (Å²) in [5.74, 6) is 0. The minimum atomic E-state index is -2.07. The molecule has 0 atom stereocenters. The van der Waals surface area contributed by atoms with Crippen LogP contribution in [0.5, 0.6) is 0 Å². The Hall–Kier alpha value is -3.49. The fourth-order valence-electron chi connectivity index (χ4n) is 4.43. The summed E-state index contributed by atoms with van der Waals surface area (Å²) in [5.41, 5.74) is 1.95. The van der Waals surface area contributed by atoms with Crippen molar-refractivity contribution in [2.45, 2.75) is 6.92 Å². The van der Waals surface area contributed by atoms with Crippen molar-refractivity contribution in [2.24, 2.45) is 20.4 Å². The number of hydrogen-bond donors (Lipinski definition) is 2. The molecule has 0 spiro atoms. The zero-order valence-electron chi connectivity index (χ0n) is 24.4. The van der Waals surface area contributed by atoms with Crippen molar-refractivity contribution >= 4 is 70.2 Å². The maximum atomic E-state index is 6.41. The van der Waals surface area contributed by atoms with Gasteiger partial charge in [0, 0.05) is 19.2 Å². The monoisotopic (exact) mass is 688 g/mol. The van der Waals surface area contributed by atoms with Crippen LogP contribution in [0, 0.1) is 0 Å². The molecule has 0 heterocycles. The van der Waals surface area contributed by atoms with Crippen molar-refractivity contribution in [2.75, 3.05) is 26.5 Å². The van der Waals surface area contributed by atoms with Crippen molar-refractivity contribution in [3.05, 3.63) is 127 Å². The number of benzene rings is 4. The van der Waals surface area contributed by atoms with Crippen LogP contribution in [-0.2, 0) is 47.1 Å². The largest absolute Gasteiger partial charge is 2.00 e. The SMILES string of the molecule is CN/C([S-])=N/N=C(C)/C(=N/N=C(\[S-])NCCOC[P+](c1ccccc1)(c1ccccc1)c1ccccc1)c1ccccc1.[Cu+2]. The number of hydrogen-bond acceptors (Lipinski definition) is 7. The molecule has 44 heavy (non-hydrogen) atoms. The van der Waals surface area contributed by atoms with E-state index in [1.807, 2.05) is 30.3 Å². The summed E-state index contributed by atoms with van der Waals surface area (Å²) in [5, 5.41) is 27.1. The van der Waals surface area contributed by atoms with Crippen LogP contribution in [0.1, 0.15) is 12.5 Å². The average Bonchev–Trinajstić information content (AvgIpc) is 3.07. The van der Waals surface area contributed by atoms with E-state index in [0.717, 1.165) is 5.56 Å². The van der Waals surface area contributed by atoms with Gasteiger partial charge in [-0.05, 0) is 53.7 Å². The fourth-order valence-corrected chi connectivity index (χ4v) is 8.40. The number of nitrogens with zero attached hydrogens (tertiary/aromatic N) is 4. The van der Waals surface area contributed by atoms with Gasteiger partial charge >= 0.3 is 17.1 Å². The second-order valence-corrected chi connectivity index (χ2v) is 13.5. The first kappa shape index (κ1) is 35.0. The molecule has 0 amide bonds. The van der Waals surface area contributed by atoms with E-state index in [1.165, 1.54) is 15.9 Å². The Balaban J connectivity index is 0.00000529. The zero-order valence-corrected chi connectivity index (χ0v) is 27.9. The molecule has 0 aliphatic rings. The molecular weight excluding hydrogens is 655 g/mol. The van der Waals surface area contributed by atoms with E-state index >= 15 is 0 Å². The maximum Gasteiger partial charge on any atom is 2.00 e. The third kappa shape index (κ3) is 9.50. The average molecular weight is 689 g/mol. The van der Waals surface area contributed by atoms with Crippen LogP contribution in [0.3, 0.4) is 0 Å². The fraction of sp³-hybridized carbons (Fsp3) is 0.152. The third-order valence-corrected chi connectivity index (χ3v) is 11.2. The molecule has 1 radical (unpaired) electrons. The van der Waals surface area contributed by atoms with Gasteiger partial charge in [0.05, 0.1) is 12.3 Å². The maximum absolute atomic E-state index is 6.41. The normalized spacial score (nSPS) is 12.8. The summed E-state index contributed by atoms with van der Waals surface area (Å²) in [4.78, 5) is 0. The summed E-state index contributed by atoms with van der Waals surface area (Å²) < 4.78 is 6.41. The molecule has 4 aromatic rings. The molecule has 0 saturated heterocycles. The van der Waals surface area contributed by atoms with Gasteiger partial charge < -0.3 is 40.6 Å². The Kier molecular flexibility index (Phi) is 14.6. The predicted molar refractivity (Wildman–Crippen MR) is 189 cm³/mol. The van der Waals surface area contributed by atoms with E-state index in [2.05, 4.69) is 122 Å². The molecule has 0 aliphatic heterocycles. The standard InChI is InChI=1S/C33H35N6OPS2.Cu/c1-26(36-38-32(42)34-2)31(27-15-7-3-8-16-27)37-39-33(43)35-23-24-40-25-41(28-17-9-4-10-18-28,29-19-11-5-12-20-29)30-21-13-6-14-22-30;/h3-22H,23-25H2,1-2H3,(H3-,34,35,36,37,38,39,42,43);/q;+2/p-1. The number of nitrogens with one attached hydrogen (secondary N) is 2. The summed E-state index contributed by atoms with van der Waals surface area (Å²) in [6.07, 6.45) is 0.556. The molecule has 7 nitrogen and oxygen atoms in total. The molecule has 11 heteroatoms. The van der Waals surface area contributed by atoms with Crippen molar-refractivity contribution in [1.29, 1.82) is 0 Å². The minimum absolute atomic E-state index is 0. The summed E-state index contributed by atoms with van der Waals surface area (Å²) in [6, 6.07) is 41.6. The second kappa shape index (κ2) is 18.3. The van der Waals surface area contributed by atoms with Gasteiger partial charge in [0.1, 0.15) is 28.9 Å². The van der Waals surface area contributed by atoms with Gasteiger partial charge in [0.25, 0.3) is 0 Å². The molecule has 0 aliphatic carbocycles. The number of ether oxygens (including phenoxy) is 1. The Morgan fingerprint density at radius 3 is 1.59 bits per heavy atom. The van der Waals surface area contributed by atoms with E-state index in [-0.39, 0.29) is 27.4 Å². The van der Waals surface area contributed by atoms with E-state index in [4.69, 9.17) is 30.0 Å². The Labute approximate surface area is 282 Å². The Bertz CT molecular complexity index is 1460. The van der Waals surface area contributed by atoms with Gasteiger partial charge in [0.15, 0.2) is 6.35 Å². The second-order valence-electron chi connectivity index (χ2n) is 9.34. The number of rotatable bonds is 12. The summed E-state index contributed by atoms with van der Waals surface area (Å²) >= 11 is 10.5. The molecule has 0 saturated carbocycles. The number of amidine groups is 2. The Morgan fingerprint density at radius 1 is 0.659 bits per heavy atom. The summed E-state index contributed by atoms with van der Waals surface area (Å²) in [6.45, 7) is 2.73. The van der Waals surface area contributed by atoms with Gasteiger partial charge in [0.2, 0.25) is 0 Å². The van der Waals surface area contributed by atoms with Crippen molar-refractivity contribution in [3.8, 4) is 0 Å². The Morgan fingerprint density at radius 2 is 1.11 bits per heavy atom. The molecule has 4 aromatic carbocycles. The molecule has 0 fully saturated rings. The van der Waals surface area contributed by atoms with Gasteiger partial charge in [-0.15, -0.1) is 5.10 Å². The molecule has 229 valence electrons. The molecular formula is C33H34CuN6OPS2+. The first-order chi connectivity index (χ1) is 21.0. The van der Waals surface area contributed by atoms with Gasteiger partial charge in [-0.3, -0.25) is 0 Å². The van der Waals surface area contributed by atoms with Crippen molar-refractivity contribution in [1.82, 2.24) is 10.6 Å². The van der Waals surface area contributed by atoms with Crippen molar-refractivity contribution in [3.63, 3.8) is 0 Å². The van der Waals surface area contributed by atoms with Gasteiger partial charge in [-0.1, -0.05) is 84.9 Å². The molecule has 2 N–H and O–H groups in total. The van der Waals surface area contributed by atoms with Crippen LogP contribution in [0.25, 0.3) is 0 Å². The van der Waals surface area contributed by atoms with Crippen LogP contribution in [0.4, 0.5) is 0 Å². The quantitative estimate of drug-likeness (QED) is 0.0440. The van der Waals surface area contributed by atoms with Crippen LogP contribution >= 0.6 is 7.26 Å². The zero-order chi connectivity index (χ0) is 30.3. The third-order valence-electron chi connectivity index (χ3n) is 6.53. The molecule has 4 rings (SSSR count). The van der Waals surface area contributed by atoms with Crippen LogP contribution in [0.15, 0.2) is 142 Å². The van der Waals surface area contributed by atoms with Gasteiger partial charge in [-0.2, -0.15) is 15.3 Å². The van der Waals surface area contributed by atoms with Crippen LogP contribution in [0.2, 0.25) is 0 Å². The van der Waals surface area contributed by atoms with Crippen molar-refractivity contribution < 1.29 is 21.8 Å². The van der Waals surface area contributed by atoms with E-state index in [0.29, 0.717) is 30.9 Å². The van der Waals surface area contributed by atoms with E-state index < -0.39 is 7.26 Å². The summed E-state index contributed by atoms with van der Waals surface area (Å²) in [7, 11) is -0.375. The van der Waals surface area contributed by atoms with E-state index in [9.17, 15) is 0 Å². The van der Waals surface area contributed by atoms with Crippen LogP contribution in [-0.4, -0.2) is 48.3 Å².